The highest BCUT2D eigenvalue weighted by molar-refractivity contribution is 5.96. The van der Waals surface area contributed by atoms with E-state index in [4.69, 9.17) is 0 Å². The van der Waals surface area contributed by atoms with Crippen LogP contribution in [0.5, 0.6) is 0 Å². The van der Waals surface area contributed by atoms with E-state index in [1.165, 1.54) is 0 Å². The van der Waals surface area contributed by atoms with Crippen LogP contribution >= 0.6 is 0 Å². The van der Waals surface area contributed by atoms with Gasteiger partial charge in [0.1, 0.15) is 0 Å². The summed E-state index contributed by atoms with van der Waals surface area (Å²) >= 11 is 0. The molecule has 0 aromatic heterocycles. The van der Waals surface area contributed by atoms with Crippen molar-refractivity contribution in [3.05, 3.63) is 0 Å². The lowest BCUT2D eigenvalue weighted by Gasteiger charge is -2.52. The summed E-state index contributed by atoms with van der Waals surface area (Å²) in [6.07, 6.45) is 0. The molecule has 0 saturated heterocycles. The van der Waals surface area contributed by atoms with Crippen LogP contribution in [0.3, 0.4) is 0 Å². The average Bonchev–Trinajstić information content (AvgIpc) is 2.51. The summed E-state index contributed by atoms with van der Waals surface area (Å²) in [6, 6.07) is 0. The predicted molar refractivity (Wildman–Crippen MR) is 60.7 cm³/mol. The van der Waals surface area contributed by atoms with E-state index >= 15 is 0 Å². The third-order valence-electron chi connectivity index (χ3n) is 3.64. The van der Waals surface area contributed by atoms with Gasteiger partial charge in [0.05, 0.1) is 13.2 Å². The second kappa shape index (κ2) is 5.87. The molecule has 1 aliphatic carbocycles. The molecule has 4 nitrogen and oxygen atoms in total. The zero-order valence-electron chi connectivity index (χ0n) is 12.8. The first kappa shape index (κ1) is 22.3. The van der Waals surface area contributed by atoms with Gasteiger partial charge in [-0.2, -0.15) is 35.1 Å². The monoisotopic (exact) mass is 408 g/mol. The molecule has 0 spiro atoms. The standard InChI is InChI=1S/C12H10F10O4/c1-3-25-5(23)7(13)8(14,6(24)26-4-2)10(17,18)12(21,22)11(19,20)9(7,15)16/h3-4H2,1-2H3. The molecule has 1 fully saturated rings. The lowest BCUT2D eigenvalue weighted by atomic mass is 9.65. The first-order valence-electron chi connectivity index (χ1n) is 6.70. The van der Waals surface area contributed by atoms with E-state index in [0.29, 0.717) is 0 Å². The van der Waals surface area contributed by atoms with Crippen LogP contribution in [0.1, 0.15) is 13.8 Å². The summed E-state index contributed by atoms with van der Waals surface area (Å²) in [5.41, 5.74) is -13.1. The highest BCUT2D eigenvalue weighted by atomic mass is 19.4. The Kier molecular flexibility index (Phi) is 5.03. The van der Waals surface area contributed by atoms with Gasteiger partial charge in [0, 0.05) is 0 Å². The molecule has 2 unspecified atom stereocenters. The number of hydrogen-bond donors (Lipinski definition) is 0. The average molecular weight is 408 g/mol. The Labute approximate surface area is 138 Å². The van der Waals surface area contributed by atoms with Crippen molar-refractivity contribution in [2.45, 2.75) is 48.9 Å². The Morgan fingerprint density at radius 1 is 0.577 bits per heavy atom. The smallest absolute Gasteiger partial charge is 0.382 e. The first-order chi connectivity index (χ1) is 11.5. The summed E-state index contributed by atoms with van der Waals surface area (Å²) in [7, 11) is 0. The molecule has 1 rings (SSSR count). The topological polar surface area (TPSA) is 52.6 Å². The summed E-state index contributed by atoms with van der Waals surface area (Å²) in [4.78, 5) is 22.8. The van der Waals surface area contributed by atoms with E-state index in [1.54, 1.807) is 0 Å². The largest absolute Gasteiger partial charge is 0.463 e. The molecule has 0 radical (unpaired) electrons. The number of rotatable bonds is 4. The number of ether oxygens (including phenoxy) is 2. The molecule has 0 N–H and O–H groups in total. The van der Waals surface area contributed by atoms with Gasteiger partial charge in [-0.15, -0.1) is 0 Å². The van der Waals surface area contributed by atoms with Gasteiger partial charge < -0.3 is 9.47 Å². The van der Waals surface area contributed by atoms with Crippen LogP contribution in [0.2, 0.25) is 0 Å². The second-order valence-electron chi connectivity index (χ2n) is 5.06. The molecule has 0 bridgehead atoms. The van der Waals surface area contributed by atoms with Crippen LogP contribution in [-0.2, 0) is 19.1 Å². The van der Waals surface area contributed by atoms with Crippen molar-refractivity contribution in [1.29, 1.82) is 0 Å². The third-order valence-corrected chi connectivity index (χ3v) is 3.64. The number of alkyl halides is 10. The van der Waals surface area contributed by atoms with Gasteiger partial charge in [-0.05, 0) is 13.8 Å². The van der Waals surface area contributed by atoms with Gasteiger partial charge >= 0.3 is 47.0 Å². The van der Waals surface area contributed by atoms with Gasteiger partial charge in [0.25, 0.3) is 0 Å². The SMILES string of the molecule is CCOC(=O)C1(F)C(F)(F)C(F)(F)C(F)(F)C(F)(F)C1(F)C(=O)OCC. The molecule has 1 aliphatic rings. The minimum absolute atomic E-state index is 0.747. The number of esters is 2. The molecule has 14 heteroatoms. The highest BCUT2D eigenvalue weighted by Gasteiger charge is 3.04. The normalized spacial score (nSPS) is 34.0. The molecular formula is C12H10F10O4. The fourth-order valence-corrected chi connectivity index (χ4v) is 2.26. The summed E-state index contributed by atoms with van der Waals surface area (Å²) in [5.74, 6) is -35.6. The zero-order chi connectivity index (χ0) is 21.0. The summed E-state index contributed by atoms with van der Waals surface area (Å²) in [6.45, 7) is -0.769. The zero-order valence-corrected chi connectivity index (χ0v) is 12.8. The van der Waals surface area contributed by atoms with Crippen LogP contribution in [0.4, 0.5) is 43.9 Å². The number of hydrogen-bond acceptors (Lipinski definition) is 4. The van der Waals surface area contributed by atoms with Gasteiger partial charge in [0.15, 0.2) is 0 Å². The molecule has 0 aliphatic heterocycles. The number of carbonyl (C=O) groups excluding carboxylic acids is 2. The second-order valence-corrected chi connectivity index (χ2v) is 5.06. The van der Waals surface area contributed by atoms with E-state index in [2.05, 4.69) is 9.47 Å². The fourth-order valence-electron chi connectivity index (χ4n) is 2.26. The summed E-state index contributed by atoms with van der Waals surface area (Å²) < 4.78 is 145. The van der Waals surface area contributed by atoms with E-state index in [0.717, 1.165) is 13.8 Å². The van der Waals surface area contributed by atoms with E-state index in [1.807, 2.05) is 0 Å². The van der Waals surface area contributed by atoms with E-state index in [-0.39, 0.29) is 0 Å². The van der Waals surface area contributed by atoms with Crippen LogP contribution in [0, 0.1) is 0 Å². The summed E-state index contributed by atoms with van der Waals surface area (Å²) in [5, 5.41) is 0. The molecule has 0 amide bonds. The Bertz CT molecular complexity index is 555. The Morgan fingerprint density at radius 2 is 0.808 bits per heavy atom. The maximum absolute atomic E-state index is 14.7. The van der Waals surface area contributed by atoms with Crippen LogP contribution in [0.15, 0.2) is 0 Å². The minimum Gasteiger partial charge on any atom is -0.463 e. The van der Waals surface area contributed by atoms with E-state index < -0.39 is 60.2 Å². The van der Waals surface area contributed by atoms with Crippen LogP contribution in [-0.4, -0.2) is 60.2 Å². The first-order valence-corrected chi connectivity index (χ1v) is 6.70. The molecule has 152 valence electrons. The highest BCUT2D eigenvalue weighted by Crippen LogP contribution is 2.69. The number of carbonyl (C=O) groups is 2. The van der Waals surface area contributed by atoms with Crippen LogP contribution in [0.25, 0.3) is 0 Å². The molecule has 1 saturated carbocycles. The van der Waals surface area contributed by atoms with Gasteiger partial charge in [-0.1, -0.05) is 0 Å². The Morgan fingerprint density at radius 3 is 1.00 bits per heavy atom. The lowest BCUT2D eigenvalue weighted by molar-refractivity contribution is -0.451. The van der Waals surface area contributed by atoms with Gasteiger partial charge in [-0.25, -0.2) is 18.4 Å². The third kappa shape index (κ3) is 2.03. The maximum atomic E-state index is 14.7. The molecule has 0 aromatic rings. The minimum atomic E-state index is -7.28. The van der Waals surface area contributed by atoms with Gasteiger partial charge in [0.2, 0.25) is 0 Å². The van der Waals surface area contributed by atoms with Crippen LogP contribution < -0.4 is 0 Å². The fraction of sp³-hybridized carbons (Fsp3) is 0.833. The van der Waals surface area contributed by atoms with E-state index in [9.17, 15) is 53.5 Å². The molecule has 2 atom stereocenters. The van der Waals surface area contributed by atoms with Crippen molar-refractivity contribution in [3.8, 4) is 0 Å². The Hall–Kier alpha value is -1.76. The van der Waals surface area contributed by atoms with Gasteiger partial charge in [-0.3, -0.25) is 0 Å². The maximum Gasteiger partial charge on any atom is 0.382 e. The molecule has 0 heterocycles. The lowest BCUT2D eigenvalue weighted by Crippen LogP contribution is -2.88. The molecule has 26 heavy (non-hydrogen) atoms. The quantitative estimate of drug-likeness (QED) is 0.530. The van der Waals surface area contributed by atoms with Crippen molar-refractivity contribution >= 4 is 11.9 Å². The van der Waals surface area contributed by atoms with Crippen molar-refractivity contribution in [3.63, 3.8) is 0 Å². The molecular weight excluding hydrogens is 398 g/mol. The predicted octanol–water partition coefficient (Wildman–Crippen LogP) is 3.08. The number of halogens is 10. The van der Waals surface area contributed by atoms with Crippen molar-refractivity contribution in [1.82, 2.24) is 0 Å². The molecule has 0 aromatic carbocycles. The Balaban J connectivity index is 4.02. The van der Waals surface area contributed by atoms with Crippen molar-refractivity contribution < 1.29 is 63.0 Å². The van der Waals surface area contributed by atoms with Crippen molar-refractivity contribution in [2.75, 3.05) is 13.2 Å². The van der Waals surface area contributed by atoms with Crippen molar-refractivity contribution in [2.24, 2.45) is 0 Å².